The first-order chi connectivity index (χ1) is 27.5. The Morgan fingerprint density at radius 2 is 1.51 bits per heavy atom. The number of ether oxygens (including phenoxy) is 3. The van der Waals surface area contributed by atoms with Crippen molar-refractivity contribution in [2.75, 3.05) is 26.1 Å². The summed E-state index contributed by atoms with van der Waals surface area (Å²) in [6.45, 7) is 14.1. The number of rotatable bonds is 15. The van der Waals surface area contributed by atoms with Gasteiger partial charge in [0.15, 0.2) is 25.6 Å². The van der Waals surface area contributed by atoms with Gasteiger partial charge in [0.2, 0.25) is 11.9 Å². The predicted molar refractivity (Wildman–Crippen MR) is 232 cm³/mol. The topological polar surface area (TPSA) is 211 Å². The number of nitrogens with one attached hydrogen (secondary N) is 2. The molecule has 5 atom stereocenters. The highest BCUT2D eigenvalue weighted by Gasteiger charge is 2.55. The number of H-pyrrole nitrogens is 1. The first kappa shape index (κ1) is 45.6. The van der Waals surface area contributed by atoms with Crippen LogP contribution >= 0.6 is 20.0 Å². The fourth-order valence-corrected chi connectivity index (χ4v) is 10.1. The zero-order valence-corrected chi connectivity index (χ0v) is 37.5. The minimum Gasteiger partial charge on any atom is -0.497 e. The summed E-state index contributed by atoms with van der Waals surface area (Å²) >= 11 is 1.41. The number of thioether (sulfide) groups is 1. The van der Waals surface area contributed by atoms with E-state index in [1.807, 2.05) is 78.9 Å². The molecule has 316 valence electrons. The zero-order chi connectivity index (χ0) is 42.0. The van der Waals surface area contributed by atoms with Crippen LogP contribution in [-0.4, -0.2) is 76.9 Å². The summed E-state index contributed by atoms with van der Waals surface area (Å²) in [5, 5.41) is 1.15. The predicted octanol–water partition coefficient (Wildman–Crippen LogP) is 7.94. The Bertz CT molecular complexity index is 2240. The van der Waals surface area contributed by atoms with Crippen LogP contribution in [-0.2, 0) is 28.6 Å². The van der Waals surface area contributed by atoms with Crippen LogP contribution in [0.15, 0.2) is 90.0 Å². The molecule has 1 aliphatic rings. The smallest absolute Gasteiger partial charge is 0.497 e. The molecule has 6 rings (SSSR count). The van der Waals surface area contributed by atoms with Gasteiger partial charge in [0.05, 0.1) is 38.5 Å². The van der Waals surface area contributed by atoms with Crippen LogP contribution < -0.4 is 26.5 Å². The van der Waals surface area contributed by atoms with Crippen molar-refractivity contribution in [3.8, 4) is 11.5 Å². The van der Waals surface area contributed by atoms with Crippen molar-refractivity contribution < 1.29 is 37.4 Å². The fourth-order valence-electron chi connectivity index (χ4n) is 6.66. The maximum atomic E-state index is 13.3. The summed E-state index contributed by atoms with van der Waals surface area (Å²) in [5.74, 6) is 0.609. The average molecular weight is 866 g/mol. The lowest BCUT2D eigenvalue weighted by molar-refractivity contribution is -0.118. The Morgan fingerprint density at radius 1 is 0.949 bits per heavy atom. The maximum Gasteiger partial charge on any atom is 0.695 e. The van der Waals surface area contributed by atoms with Gasteiger partial charge in [0.25, 0.3) is 5.56 Å². The molecular weight excluding hydrogens is 812 g/mol. The number of hydrogen-bond donors (Lipinski definition) is 4. The van der Waals surface area contributed by atoms with Crippen LogP contribution in [0.3, 0.4) is 0 Å². The number of methoxy groups -OCH3 is 2. The molecule has 6 N–H and O–H groups in total. The molecule has 1 fully saturated rings. The Kier molecular flexibility index (Phi) is 14.3. The van der Waals surface area contributed by atoms with Crippen LogP contribution in [0.2, 0.25) is 18.1 Å². The molecule has 1 unspecified atom stereocenters. The quantitative estimate of drug-likeness (QED) is 0.0448. The van der Waals surface area contributed by atoms with E-state index in [-0.39, 0.29) is 46.7 Å². The second-order valence-electron chi connectivity index (χ2n) is 15.9. The van der Waals surface area contributed by atoms with E-state index in [1.165, 1.54) is 18.1 Å². The molecule has 5 aromatic rings. The first-order valence-corrected chi connectivity index (χ1v) is 23.9. The zero-order valence-electron chi connectivity index (χ0n) is 34.8. The lowest BCUT2D eigenvalue weighted by atomic mass is 9.80. The molecule has 0 bridgehead atoms. The third-order valence-electron chi connectivity index (χ3n) is 10.8. The second kappa shape index (κ2) is 18.4. The van der Waals surface area contributed by atoms with Gasteiger partial charge in [-0.05, 0) is 59.1 Å². The SMILES string of the molecule is COc1ccc(C(OC[C@H]2S[C@@H](n3cnc4c(=O)[nH]c(NC(=O)C(C)C)nc43)[C@H](O[P+](=O)O)[C@@H]2O[Si](C)(C)C(C)(C)C)(c2ccccc2)c2ccc(OC)cc2)cc1.N. The van der Waals surface area contributed by atoms with Crippen LogP contribution in [0.25, 0.3) is 11.2 Å². The second-order valence-corrected chi connectivity index (χ2v) is 22.7. The Balaban J connectivity index is 0.00000661. The minimum absolute atomic E-state index is 0. The Hall–Kier alpha value is -4.45. The highest BCUT2D eigenvalue weighted by Crippen LogP contribution is 2.52. The molecular formula is C41H54N6O9PSSi+. The summed E-state index contributed by atoms with van der Waals surface area (Å²) in [6.07, 6.45) is -0.349. The molecule has 0 radical (unpaired) electrons. The largest absolute Gasteiger partial charge is 0.695 e. The van der Waals surface area contributed by atoms with Gasteiger partial charge < -0.3 is 24.8 Å². The van der Waals surface area contributed by atoms with Gasteiger partial charge in [-0.15, -0.1) is 21.2 Å². The summed E-state index contributed by atoms with van der Waals surface area (Å²) in [6, 6.07) is 25.4. The lowest BCUT2D eigenvalue weighted by Crippen LogP contribution is -2.50. The van der Waals surface area contributed by atoms with Crippen LogP contribution in [0.5, 0.6) is 11.5 Å². The molecule has 1 saturated heterocycles. The van der Waals surface area contributed by atoms with Crippen LogP contribution in [0.4, 0.5) is 5.95 Å². The number of carbonyl (C=O) groups excluding carboxylic acids is 1. The molecule has 15 nitrogen and oxygen atoms in total. The van der Waals surface area contributed by atoms with Gasteiger partial charge in [-0.25, -0.2) is 4.98 Å². The molecule has 3 aromatic carbocycles. The van der Waals surface area contributed by atoms with Crippen molar-refractivity contribution >= 4 is 51.4 Å². The number of nitrogens with zero attached hydrogens (tertiary/aromatic N) is 3. The van der Waals surface area contributed by atoms with E-state index in [0.717, 1.165) is 16.7 Å². The maximum absolute atomic E-state index is 13.3. The number of amides is 1. The average Bonchev–Trinajstić information content (AvgIpc) is 3.76. The minimum atomic E-state index is -3.13. The third-order valence-corrected chi connectivity index (χ3v) is 17.3. The summed E-state index contributed by atoms with van der Waals surface area (Å²) < 4.78 is 45.8. The molecule has 1 amide bonds. The number of benzene rings is 3. The van der Waals surface area contributed by atoms with Crippen molar-refractivity contribution in [3.63, 3.8) is 0 Å². The van der Waals surface area contributed by atoms with Crippen molar-refractivity contribution in [2.45, 2.75) is 81.2 Å². The van der Waals surface area contributed by atoms with E-state index < -0.39 is 50.6 Å². The third kappa shape index (κ3) is 9.47. The monoisotopic (exact) mass is 865 g/mol. The number of carbonyl (C=O) groups is 1. The van der Waals surface area contributed by atoms with Gasteiger partial charge in [0.1, 0.15) is 22.5 Å². The van der Waals surface area contributed by atoms with Gasteiger partial charge in [0, 0.05) is 10.5 Å². The standard InChI is InChI=1S/C41H50N5O9PSSi.H3N/c1-25(2)36(47)44-39-43-35-32(37(48)45-39)42-24-46(35)38-34(54-56(49)50)33(55-58(8,9)40(3,4)5)31(57-38)23-53-41(26-13-11-10-12-14-26,27-15-19-29(51-6)20-16-27)28-17-21-30(52-7)22-18-28;/h10-22,24-25,31,33-34,38H,23H2,1-9H3,(H2-,43,44,45,47,48,49,50);1H3/p+1/t31-,33-,34-,38-;/m1./s1. The molecule has 1 aliphatic heterocycles. The molecule has 3 heterocycles. The van der Waals surface area contributed by atoms with Crippen molar-refractivity contribution in [2.24, 2.45) is 5.92 Å². The van der Waals surface area contributed by atoms with Crippen molar-refractivity contribution in [1.29, 1.82) is 0 Å². The van der Waals surface area contributed by atoms with Crippen LogP contribution in [0, 0.1) is 5.92 Å². The highest BCUT2D eigenvalue weighted by atomic mass is 32.2. The van der Waals surface area contributed by atoms with E-state index in [4.69, 9.17) is 23.2 Å². The summed E-state index contributed by atoms with van der Waals surface area (Å²) in [5.41, 5.74) is 0.979. The van der Waals surface area contributed by atoms with Gasteiger partial charge in [-0.1, -0.05) is 89.2 Å². The number of aromatic amines is 1. The van der Waals surface area contributed by atoms with Crippen molar-refractivity contribution in [3.05, 3.63) is 112 Å². The number of imidazole rings is 1. The van der Waals surface area contributed by atoms with Gasteiger partial charge in [-0.2, -0.15) is 4.98 Å². The normalized spacial score (nSPS) is 18.7. The Labute approximate surface area is 350 Å². The summed E-state index contributed by atoms with van der Waals surface area (Å²) in [4.78, 5) is 47.8. The van der Waals surface area contributed by atoms with E-state index in [9.17, 15) is 19.0 Å². The molecule has 0 saturated carbocycles. The van der Waals surface area contributed by atoms with Gasteiger partial charge in [-0.3, -0.25) is 24.5 Å². The van der Waals surface area contributed by atoms with E-state index in [0.29, 0.717) is 11.5 Å². The first-order valence-electron chi connectivity index (χ1n) is 18.9. The molecule has 2 aromatic heterocycles. The summed E-state index contributed by atoms with van der Waals surface area (Å²) in [7, 11) is -2.50. The fraction of sp³-hybridized carbons (Fsp3) is 0.415. The number of anilines is 1. The molecule has 0 aliphatic carbocycles. The molecule has 59 heavy (non-hydrogen) atoms. The van der Waals surface area contributed by atoms with E-state index in [1.54, 1.807) is 32.6 Å². The molecule has 18 heteroatoms. The molecule has 0 spiro atoms. The van der Waals surface area contributed by atoms with Crippen molar-refractivity contribution in [1.82, 2.24) is 25.7 Å². The number of hydrogen-bond acceptors (Lipinski definition) is 12. The van der Waals surface area contributed by atoms with E-state index >= 15 is 0 Å². The van der Waals surface area contributed by atoms with E-state index in [2.05, 4.69) is 54.1 Å². The highest BCUT2D eigenvalue weighted by molar-refractivity contribution is 8.00. The Morgan fingerprint density at radius 3 is 2.02 bits per heavy atom. The number of aromatic nitrogens is 4. The lowest BCUT2D eigenvalue weighted by Gasteiger charge is -2.41. The van der Waals surface area contributed by atoms with Gasteiger partial charge >= 0.3 is 8.25 Å². The van der Waals surface area contributed by atoms with Crippen LogP contribution in [0.1, 0.15) is 56.7 Å². The number of fused-ring (bicyclic) bond motifs is 1.